The molecule has 2 aliphatic heterocycles. The van der Waals surface area contributed by atoms with E-state index in [4.69, 9.17) is 16.2 Å². The number of benzene rings is 1. The predicted octanol–water partition coefficient (Wildman–Crippen LogP) is 1.93. The molecule has 0 aromatic heterocycles. The number of nitrogens with one attached hydrogen (secondary N) is 1. The van der Waals surface area contributed by atoms with Crippen LogP contribution in [0.3, 0.4) is 0 Å². The topological polar surface area (TPSA) is 121 Å². The van der Waals surface area contributed by atoms with Crippen molar-refractivity contribution in [1.82, 2.24) is 10.4 Å². The Balaban J connectivity index is 1.93. The molecule has 0 saturated carbocycles. The highest BCUT2D eigenvalue weighted by atomic mass is 19.1. The Labute approximate surface area is 175 Å². The van der Waals surface area contributed by atoms with E-state index in [-0.39, 0.29) is 24.1 Å². The first-order valence-corrected chi connectivity index (χ1v) is 10.0. The summed E-state index contributed by atoms with van der Waals surface area (Å²) in [5.41, 5.74) is 14.3. The van der Waals surface area contributed by atoms with Gasteiger partial charge in [0.25, 0.3) is 0 Å². The monoisotopic (exact) mass is 416 g/mol. The molecule has 0 aliphatic carbocycles. The number of hydroxylamine groups is 2. The third-order valence-electron chi connectivity index (χ3n) is 5.21. The first kappa shape index (κ1) is 21.9. The Bertz CT molecular complexity index is 874. The van der Waals surface area contributed by atoms with Crippen molar-refractivity contribution in [3.8, 4) is 0 Å². The van der Waals surface area contributed by atoms with Crippen LogP contribution in [0, 0.1) is 5.82 Å². The average molecular weight is 417 g/mol. The third kappa shape index (κ3) is 5.24. The summed E-state index contributed by atoms with van der Waals surface area (Å²) < 4.78 is 20.5. The zero-order valence-corrected chi connectivity index (χ0v) is 17.1. The molecule has 8 nitrogen and oxygen atoms in total. The normalized spacial score (nSPS) is 20.2. The number of rotatable bonds is 6. The highest BCUT2D eigenvalue weighted by molar-refractivity contribution is 6.10. The molecule has 6 N–H and O–H groups in total. The molecule has 2 heterocycles. The molecule has 0 bridgehead atoms. The standard InChI is InChI=1S/C21H29FN6O2/c1-25-12-14(11-23)16-3-2-4-19(20(16)22)27-21(24)17-13-28(29)8-5-18(17)26-15-6-9-30-10-7-15/h2-4,11-12,15,26,29H,5-10,13,23H2,1H3,(H2,24,27). The van der Waals surface area contributed by atoms with Gasteiger partial charge in [0, 0.05) is 74.1 Å². The van der Waals surface area contributed by atoms with Crippen LogP contribution < -0.4 is 16.8 Å². The lowest BCUT2D eigenvalue weighted by molar-refractivity contribution is -0.0850. The fourth-order valence-electron chi connectivity index (χ4n) is 3.60. The number of allylic oxidation sites excluding steroid dienone is 1. The third-order valence-corrected chi connectivity index (χ3v) is 5.21. The van der Waals surface area contributed by atoms with E-state index in [9.17, 15) is 5.21 Å². The minimum Gasteiger partial charge on any atom is -0.404 e. The van der Waals surface area contributed by atoms with E-state index in [0.29, 0.717) is 42.9 Å². The molecule has 162 valence electrons. The van der Waals surface area contributed by atoms with Gasteiger partial charge in [-0.05, 0) is 18.9 Å². The Morgan fingerprint density at radius 2 is 2.13 bits per heavy atom. The largest absolute Gasteiger partial charge is 0.404 e. The molecule has 0 amide bonds. The Morgan fingerprint density at radius 3 is 2.83 bits per heavy atom. The molecule has 1 aromatic carbocycles. The lowest BCUT2D eigenvalue weighted by atomic mass is 10.0. The summed E-state index contributed by atoms with van der Waals surface area (Å²) in [5, 5.41) is 14.7. The van der Waals surface area contributed by atoms with E-state index in [1.165, 1.54) is 17.5 Å². The average Bonchev–Trinajstić information content (AvgIpc) is 2.75. The highest BCUT2D eigenvalue weighted by Gasteiger charge is 2.24. The summed E-state index contributed by atoms with van der Waals surface area (Å²) in [7, 11) is 1.59. The van der Waals surface area contributed by atoms with Crippen LogP contribution in [0.1, 0.15) is 24.8 Å². The summed E-state index contributed by atoms with van der Waals surface area (Å²) in [6.45, 7) is 2.14. The smallest absolute Gasteiger partial charge is 0.156 e. The first-order valence-electron chi connectivity index (χ1n) is 10.0. The van der Waals surface area contributed by atoms with Crippen LogP contribution >= 0.6 is 0 Å². The molecule has 0 atom stereocenters. The fourth-order valence-corrected chi connectivity index (χ4v) is 3.60. The van der Waals surface area contributed by atoms with Crippen LogP contribution in [0.15, 0.2) is 45.7 Å². The molecule has 1 aromatic rings. The van der Waals surface area contributed by atoms with Crippen molar-refractivity contribution in [2.24, 2.45) is 21.5 Å². The molecular formula is C21H29FN6O2. The van der Waals surface area contributed by atoms with Gasteiger partial charge >= 0.3 is 0 Å². The van der Waals surface area contributed by atoms with Gasteiger partial charge in [0.15, 0.2) is 5.82 Å². The minimum absolute atomic E-state index is 0.0989. The Hall–Kier alpha value is -2.75. The van der Waals surface area contributed by atoms with Crippen molar-refractivity contribution in [2.45, 2.75) is 25.3 Å². The summed E-state index contributed by atoms with van der Waals surface area (Å²) in [6.07, 6.45) is 5.19. The number of amidine groups is 1. The van der Waals surface area contributed by atoms with Crippen LogP contribution in [0.25, 0.3) is 5.57 Å². The molecule has 2 aliphatic rings. The molecule has 0 radical (unpaired) electrons. The van der Waals surface area contributed by atoms with Gasteiger partial charge in [-0.2, -0.15) is 5.06 Å². The lowest BCUT2D eigenvalue weighted by Crippen LogP contribution is -2.41. The quantitative estimate of drug-likeness (QED) is 0.415. The van der Waals surface area contributed by atoms with Crippen LogP contribution in [0.2, 0.25) is 0 Å². The Kier molecular flexibility index (Phi) is 7.56. The number of hydrogen-bond donors (Lipinski definition) is 4. The SMILES string of the molecule is CN=CC(=CN)c1cccc(N=C(N)C2=C(NC3CCOCC3)CCN(O)C2)c1F. The van der Waals surface area contributed by atoms with Crippen molar-refractivity contribution < 1.29 is 14.3 Å². The van der Waals surface area contributed by atoms with Crippen LogP contribution in [-0.4, -0.2) is 61.7 Å². The summed E-state index contributed by atoms with van der Waals surface area (Å²) in [6, 6.07) is 5.13. The van der Waals surface area contributed by atoms with Crippen LogP contribution in [0.5, 0.6) is 0 Å². The summed E-state index contributed by atoms with van der Waals surface area (Å²) >= 11 is 0. The lowest BCUT2D eigenvalue weighted by Gasteiger charge is -2.31. The predicted molar refractivity (Wildman–Crippen MR) is 116 cm³/mol. The van der Waals surface area contributed by atoms with E-state index in [0.717, 1.165) is 18.5 Å². The van der Waals surface area contributed by atoms with Crippen molar-refractivity contribution in [3.63, 3.8) is 0 Å². The number of ether oxygens (including phenoxy) is 1. The maximum Gasteiger partial charge on any atom is 0.156 e. The Morgan fingerprint density at radius 1 is 1.37 bits per heavy atom. The fraction of sp³-hybridized carbons (Fsp3) is 0.429. The van der Waals surface area contributed by atoms with Gasteiger partial charge in [-0.1, -0.05) is 12.1 Å². The molecule has 3 rings (SSSR count). The van der Waals surface area contributed by atoms with Gasteiger partial charge in [-0.3, -0.25) is 4.99 Å². The van der Waals surface area contributed by atoms with Crippen molar-refractivity contribution >= 4 is 23.3 Å². The number of aliphatic imine (C=N–C) groups is 2. The zero-order valence-electron chi connectivity index (χ0n) is 17.1. The van der Waals surface area contributed by atoms with E-state index < -0.39 is 5.82 Å². The van der Waals surface area contributed by atoms with Gasteiger partial charge < -0.3 is 26.7 Å². The molecule has 9 heteroatoms. The summed E-state index contributed by atoms with van der Waals surface area (Å²) in [4.78, 5) is 8.25. The molecular weight excluding hydrogens is 387 g/mol. The number of hydrogen-bond acceptors (Lipinski definition) is 7. The van der Waals surface area contributed by atoms with Crippen LogP contribution in [-0.2, 0) is 4.74 Å². The number of halogens is 1. The van der Waals surface area contributed by atoms with E-state index in [1.807, 2.05) is 0 Å². The second-order valence-corrected chi connectivity index (χ2v) is 7.27. The van der Waals surface area contributed by atoms with Crippen molar-refractivity contribution in [1.29, 1.82) is 0 Å². The van der Waals surface area contributed by atoms with E-state index in [2.05, 4.69) is 15.3 Å². The van der Waals surface area contributed by atoms with Crippen molar-refractivity contribution in [2.75, 3.05) is 33.4 Å². The van der Waals surface area contributed by atoms with Gasteiger partial charge in [0.2, 0.25) is 0 Å². The zero-order chi connectivity index (χ0) is 21.5. The molecule has 0 unspecified atom stereocenters. The van der Waals surface area contributed by atoms with Gasteiger partial charge in [0.05, 0.1) is 6.54 Å². The molecule has 0 spiro atoms. The molecule has 30 heavy (non-hydrogen) atoms. The van der Waals surface area contributed by atoms with Gasteiger partial charge in [-0.25, -0.2) is 9.38 Å². The van der Waals surface area contributed by atoms with E-state index >= 15 is 4.39 Å². The molecule has 1 saturated heterocycles. The summed E-state index contributed by atoms with van der Waals surface area (Å²) in [5.74, 6) is -0.366. The maximum atomic E-state index is 15.1. The van der Waals surface area contributed by atoms with Crippen LogP contribution in [0.4, 0.5) is 10.1 Å². The highest BCUT2D eigenvalue weighted by Crippen LogP contribution is 2.27. The van der Waals surface area contributed by atoms with Gasteiger partial charge in [-0.15, -0.1) is 0 Å². The maximum absolute atomic E-state index is 15.1. The first-order chi connectivity index (χ1) is 14.5. The number of nitrogens with zero attached hydrogens (tertiary/aromatic N) is 3. The van der Waals surface area contributed by atoms with Gasteiger partial charge in [0.1, 0.15) is 11.5 Å². The molecule has 1 fully saturated rings. The van der Waals surface area contributed by atoms with E-state index in [1.54, 1.807) is 25.2 Å². The van der Waals surface area contributed by atoms with Crippen molar-refractivity contribution in [3.05, 3.63) is 47.0 Å². The minimum atomic E-state index is -0.534. The second kappa shape index (κ2) is 10.3. The number of nitrogens with two attached hydrogens (primary N) is 2. The second-order valence-electron chi connectivity index (χ2n) is 7.27.